The lowest BCUT2D eigenvalue weighted by Gasteiger charge is -2.18. The zero-order valence-corrected chi connectivity index (χ0v) is 9.81. The van der Waals surface area contributed by atoms with E-state index in [9.17, 15) is 4.79 Å². The SMILES string of the molecule is CC(C)(C)OC(=O)c1[nH]nc(N)c1Br. The van der Waals surface area contributed by atoms with E-state index in [2.05, 4.69) is 26.1 Å². The van der Waals surface area contributed by atoms with Crippen LogP contribution in [0.15, 0.2) is 4.47 Å². The summed E-state index contributed by atoms with van der Waals surface area (Å²) >= 11 is 3.14. The van der Waals surface area contributed by atoms with Crippen LogP contribution in [0, 0.1) is 0 Å². The van der Waals surface area contributed by atoms with Crippen LogP contribution in [0.4, 0.5) is 5.82 Å². The highest BCUT2D eigenvalue weighted by Gasteiger charge is 2.22. The maximum atomic E-state index is 11.5. The van der Waals surface area contributed by atoms with Crippen LogP contribution in [-0.4, -0.2) is 21.8 Å². The van der Waals surface area contributed by atoms with Gasteiger partial charge in [0.2, 0.25) is 0 Å². The molecule has 1 rings (SSSR count). The highest BCUT2D eigenvalue weighted by molar-refractivity contribution is 9.10. The third-order valence-corrected chi connectivity index (χ3v) is 2.14. The smallest absolute Gasteiger partial charge is 0.358 e. The number of carbonyl (C=O) groups is 1. The lowest BCUT2D eigenvalue weighted by Crippen LogP contribution is -2.24. The number of nitrogens with two attached hydrogens (primary N) is 1. The van der Waals surface area contributed by atoms with Crippen LogP contribution in [0.3, 0.4) is 0 Å². The molecular formula is C8H12BrN3O2. The third-order valence-electron chi connectivity index (χ3n) is 1.34. The molecule has 0 saturated carbocycles. The van der Waals surface area contributed by atoms with Gasteiger partial charge < -0.3 is 10.5 Å². The van der Waals surface area contributed by atoms with Gasteiger partial charge in [-0.1, -0.05) is 0 Å². The summed E-state index contributed by atoms with van der Waals surface area (Å²) in [5, 5.41) is 6.17. The van der Waals surface area contributed by atoms with Gasteiger partial charge in [0.1, 0.15) is 5.60 Å². The number of ether oxygens (including phenoxy) is 1. The zero-order valence-electron chi connectivity index (χ0n) is 8.22. The van der Waals surface area contributed by atoms with Gasteiger partial charge in [0.05, 0.1) is 4.47 Å². The van der Waals surface area contributed by atoms with Gasteiger partial charge in [-0.3, -0.25) is 5.10 Å². The van der Waals surface area contributed by atoms with Crippen LogP contribution in [0.2, 0.25) is 0 Å². The quantitative estimate of drug-likeness (QED) is 0.755. The van der Waals surface area contributed by atoms with E-state index in [4.69, 9.17) is 10.5 Å². The number of H-pyrrole nitrogens is 1. The number of esters is 1. The number of halogens is 1. The van der Waals surface area contributed by atoms with Crippen molar-refractivity contribution in [1.29, 1.82) is 0 Å². The lowest BCUT2D eigenvalue weighted by atomic mass is 10.2. The molecule has 0 atom stereocenters. The normalized spacial score (nSPS) is 11.4. The van der Waals surface area contributed by atoms with Crippen molar-refractivity contribution in [2.24, 2.45) is 0 Å². The standard InChI is InChI=1S/C8H12BrN3O2/c1-8(2,3)14-7(13)5-4(9)6(10)12-11-5/h1-3H3,(H3,10,11,12). The fourth-order valence-electron chi connectivity index (χ4n) is 0.807. The van der Waals surface area contributed by atoms with Crippen molar-refractivity contribution in [3.8, 4) is 0 Å². The van der Waals surface area contributed by atoms with Crippen molar-refractivity contribution in [2.75, 3.05) is 5.73 Å². The van der Waals surface area contributed by atoms with E-state index in [1.54, 1.807) is 20.8 Å². The van der Waals surface area contributed by atoms with E-state index in [0.717, 1.165) is 0 Å². The Morgan fingerprint density at radius 3 is 2.50 bits per heavy atom. The van der Waals surface area contributed by atoms with Crippen molar-refractivity contribution in [3.05, 3.63) is 10.2 Å². The second-order valence-electron chi connectivity index (χ2n) is 3.80. The first-order valence-electron chi connectivity index (χ1n) is 4.04. The number of anilines is 1. The van der Waals surface area contributed by atoms with Crippen LogP contribution in [-0.2, 0) is 4.74 Å². The molecule has 0 fully saturated rings. The average Bonchev–Trinajstić information content (AvgIpc) is 2.29. The summed E-state index contributed by atoms with van der Waals surface area (Å²) in [6, 6.07) is 0. The van der Waals surface area contributed by atoms with Gasteiger partial charge in [0, 0.05) is 0 Å². The van der Waals surface area contributed by atoms with Gasteiger partial charge in [0.25, 0.3) is 0 Å². The molecular weight excluding hydrogens is 250 g/mol. The molecule has 0 spiro atoms. The van der Waals surface area contributed by atoms with Gasteiger partial charge in [-0.15, -0.1) is 0 Å². The molecule has 14 heavy (non-hydrogen) atoms. The van der Waals surface area contributed by atoms with E-state index in [1.165, 1.54) is 0 Å². The molecule has 0 aliphatic carbocycles. The monoisotopic (exact) mass is 261 g/mol. The molecule has 0 aliphatic heterocycles. The molecule has 0 bridgehead atoms. The Morgan fingerprint density at radius 2 is 2.14 bits per heavy atom. The maximum Gasteiger partial charge on any atom is 0.358 e. The molecule has 6 heteroatoms. The predicted octanol–water partition coefficient (Wildman–Crippen LogP) is 1.71. The number of nitrogens with zero attached hydrogens (tertiary/aromatic N) is 1. The van der Waals surface area contributed by atoms with Gasteiger partial charge in [0.15, 0.2) is 11.5 Å². The predicted molar refractivity (Wildman–Crippen MR) is 55.9 cm³/mol. The second-order valence-corrected chi connectivity index (χ2v) is 4.59. The van der Waals surface area contributed by atoms with Crippen LogP contribution < -0.4 is 5.73 Å². The number of hydrogen-bond acceptors (Lipinski definition) is 4. The van der Waals surface area contributed by atoms with Crippen molar-refractivity contribution in [3.63, 3.8) is 0 Å². The summed E-state index contributed by atoms with van der Waals surface area (Å²) in [5.74, 6) is -0.237. The molecule has 3 N–H and O–H groups in total. The summed E-state index contributed by atoms with van der Waals surface area (Å²) < 4.78 is 5.56. The summed E-state index contributed by atoms with van der Waals surface area (Å²) in [6.07, 6.45) is 0. The molecule has 1 aromatic rings. The Balaban J connectivity index is 2.86. The molecule has 0 aromatic carbocycles. The fraction of sp³-hybridized carbons (Fsp3) is 0.500. The molecule has 5 nitrogen and oxygen atoms in total. The zero-order chi connectivity index (χ0) is 10.9. The summed E-state index contributed by atoms with van der Waals surface area (Å²) in [4.78, 5) is 11.5. The first-order valence-corrected chi connectivity index (χ1v) is 4.83. The minimum absolute atomic E-state index is 0.234. The van der Waals surface area contributed by atoms with Crippen LogP contribution in [0.1, 0.15) is 31.3 Å². The molecule has 0 saturated heterocycles. The number of aromatic amines is 1. The first-order chi connectivity index (χ1) is 6.31. The van der Waals surface area contributed by atoms with Gasteiger partial charge in [-0.05, 0) is 36.7 Å². The topological polar surface area (TPSA) is 81.0 Å². The van der Waals surface area contributed by atoms with E-state index in [-0.39, 0.29) is 11.5 Å². The lowest BCUT2D eigenvalue weighted by molar-refractivity contribution is 0.00618. The van der Waals surface area contributed by atoms with E-state index < -0.39 is 11.6 Å². The minimum Gasteiger partial charge on any atom is -0.455 e. The van der Waals surface area contributed by atoms with Crippen LogP contribution >= 0.6 is 15.9 Å². The summed E-state index contributed by atoms with van der Waals surface area (Å²) in [5.41, 5.74) is 5.15. The summed E-state index contributed by atoms with van der Waals surface area (Å²) in [6.45, 7) is 5.37. The summed E-state index contributed by atoms with van der Waals surface area (Å²) in [7, 11) is 0. The van der Waals surface area contributed by atoms with E-state index in [0.29, 0.717) is 4.47 Å². The van der Waals surface area contributed by atoms with Crippen LogP contribution in [0.25, 0.3) is 0 Å². The Labute approximate surface area is 90.1 Å². The largest absolute Gasteiger partial charge is 0.455 e. The van der Waals surface area contributed by atoms with Gasteiger partial charge in [-0.25, -0.2) is 4.79 Å². The number of rotatable bonds is 1. The number of carbonyl (C=O) groups excluding carboxylic acids is 1. The second kappa shape index (κ2) is 3.61. The highest BCUT2D eigenvalue weighted by Crippen LogP contribution is 2.22. The molecule has 0 amide bonds. The fourth-order valence-corrected chi connectivity index (χ4v) is 1.15. The first kappa shape index (κ1) is 11.0. The number of hydrogen-bond donors (Lipinski definition) is 2. The number of aromatic nitrogens is 2. The van der Waals surface area contributed by atoms with Crippen LogP contribution in [0.5, 0.6) is 0 Å². The van der Waals surface area contributed by atoms with Crippen molar-refractivity contribution < 1.29 is 9.53 Å². The van der Waals surface area contributed by atoms with Crippen molar-refractivity contribution in [1.82, 2.24) is 10.2 Å². The Morgan fingerprint density at radius 1 is 1.57 bits per heavy atom. The number of nitrogens with one attached hydrogen (secondary N) is 1. The molecule has 78 valence electrons. The Hall–Kier alpha value is -1.04. The maximum absolute atomic E-state index is 11.5. The molecule has 1 aromatic heterocycles. The van der Waals surface area contributed by atoms with Crippen molar-refractivity contribution in [2.45, 2.75) is 26.4 Å². The third kappa shape index (κ3) is 2.47. The molecule has 0 unspecified atom stereocenters. The molecule has 0 aliphatic rings. The Kier molecular flexibility index (Phi) is 2.84. The highest BCUT2D eigenvalue weighted by atomic mass is 79.9. The van der Waals surface area contributed by atoms with E-state index >= 15 is 0 Å². The molecule has 0 radical (unpaired) electrons. The number of nitrogen functional groups attached to an aromatic ring is 1. The average molecular weight is 262 g/mol. The van der Waals surface area contributed by atoms with Gasteiger partial charge in [-0.2, -0.15) is 5.10 Å². The van der Waals surface area contributed by atoms with E-state index in [1.807, 2.05) is 0 Å². The molecule has 1 heterocycles. The Bertz CT molecular complexity index is 354. The minimum atomic E-state index is -0.531. The van der Waals surface area contributed by atoms with Crippen molar-refractivity contribution >= 4 is 27.7 Å². The van der Waals surface area contributed by atoms with Gasteiger partial charge >= 0.3 is 5.97 Å².